The van der Waals surface area contributed by atoms with Crippen LogP contribution < -0.4 is 10.1 Å². The van der Waals surface area contributed by atoms with E-state index < -0.39 is 0 Å². The molecule has 0 aliphatic heterocycles. The number of carbonyl (C=O) groups excluding carboxylic acids is 1. The molecule has 0 aliphatic rings. The maximum Gasteiger partial charge on any atom is 0.261 e. The first-order valence-electron chi connectivity index (χ1n) is 8.14. The third-order valence-corrected chi connectivity index (χ3v) is 6.53. The minimum atomic E-state index is -0.259. The maximum atomic E-state index is 12.5. The number of aryl methyl sites for hydroxylation is 1. The van der Waals surface area contributed by atoms with Crippen molar-refractivity contribution >= 4 is 45.9 Å². The summed E-state index contributed by atoms with van der Waals surface area (Å²) >= 11 is 4.56. The van der Waals surface area contributed by atoms with Crippen LogP contribution in [0.3, 0.4) is 0 Å². The van der Waals surface area contributed by atoms with E-state index in [9.17, 15) is 4.79 Å². The average Bonchev–Trinajstić information content (AvgIpc) is 3.14. The lowest BCUT2D eigenvalue weighted by molar-refractivity contribution is 0.102. The minimum absolute atomic E-state index is 0.259. The van der Waals surface area contributed by atoms with Crippen LogP contribution >= 0.6 is 34.9 Å². The highest BCUT2D eigenvalue weighted by Crippen LogP contribution is 2.30. The summed E-state index contributed by atoms with van der Waals surface area (Å²) in [5, 5.41) is 11.5. The number of aromatic nitrogens is 2. The van der Waals surface area contributed by atoms with Crippen LogP contribution in [0, 0.1) is 6.92 Å². The molecule has 0 unspecified atom stereocenters. The number of benzene rings is 2. The Morgan fingerprint density at radius 1 is 1.19 bits per heavy atom. The molecule has 0 fully saturated rings. The fourth-order valence-corrected chi connectivity index (χ4v) is 4.43. The molecule has 1 aromatic heterocycles. The second kappa shape index (κ2) is 9.25. The van der Waals surface area contributed by atoms with Crippen molar-refractivity contribution in [3.63, 3.8) is 0 Å². The highest BCUT2D eigenvalue weighted by Gasteiger charge is 2.15. The van der Waals surface area contributed by atoms with Gasteiger partial charge in [-0.15, -0.1) is 22.0 Å². The fraction of sp³-hybridized carbons (Fsp3) is 0.211. The largest absolute Gasteiger partial charge is 0.496 e. The van der Waals surface area contributed by atoms with Gasteiger partial charge in [0.2, 0.25) is 5.13 Å². The maximum absolute atomic E-state index is 12.5. The van der Waals surface area contributed by atoms with Crippen LogP contribution in [0.15, 0.2) is 51.7 Å². The highest BCUT2D eigenvalue weighted by atomic mass is 32.2. The number of ether oxygens (including phenoxy) is 1. The molecular formula is C19H19N3O2S3. The normalized spacial score (nSPS) is 10.6. The van der Waals surface area contributed by atoms with E-state index in [1.165, 1.54) is 22.5 Å². The number of anilines is 1. The molecule has 0 bridgehead atoms. The summed E-state index contributed by atoms with van der Waals surface area (Å²) in [6.45, 7) is 2.07. The van der Waals surface area contributed by atoms with Crippen molar-refractivity contribution in [1.29, 1.82) is 0 Å². The van der Waals surface area contributed by atoms with Gasteiger partial charge in [0.15, 0.2) is 4.34 Å². The third-order valence-electron chi connectivity index (χ3n) is 3.76. The summed E-state index contributed by atoms with van der Waals surface area (Å²) < 4.78 is 6.15. The highest BCUT2D eigenvalue weighted by molar-refractivity contribution is 8.00. The smallest absolute Gasteiger partial charge is 0.261 e. The van der Waals surface area contributed by atoms with Gasteiger partial charge in [0.25, 0.3) is 5.91 Å². The lowest BCUT2D eigenvalue weighted by Gasteiger charge is -2.09. The molecule has 1 N–H and O–H groups in total. The fourth-order valence-electron chi connectivity index (χ4n) is 2.30. The Balaban J connectivity index is 1.63. The monoisotopic (exact) mass is 417 g/mol. The number of carbonyl (C=O) groups is 1. The third kappa shape index (κ3) is 5.24. The Morgan fingerprint density at radius 2 is 1.96 bits per heavy atom. The van der Waals surface area contributed by atoms with Crippen molar-refractivity contribution in [3.05, 3.63) is 59.2 Å². The molecule has 0 aliphatic carbocycles. The van der Waals surface area contributed by atoms with Crippen LogP contribution in [0.1, 0.15) is 21.5 Å². The van der Waals surface area contributed by atoms with E-state index in [0.717, 1.165) is 15.0 Å². The Hall–Kier alpha value is -2.03. The second-order valence-electron chi connectivity index (χ2n) is 5.67. The molecule has 0 saturated carbocycles. The van der Waals surface area contributed by atoms with Gasteiger partial charge < -0.3 is 4.74 Å². The van der Waals surface area contributed by atoms with Gasteiger partial charge in [-0.05, 0) is 36.9 Å². The molecule has 0 atom stereocenters. The van der Waals surface area contributed by atoms with Gasteiger partial charge in [-0.25, -0.2) is 0 Å². The first-order valence-corrected chi connectivity index (χ1v) is 11.2. The van der Waals surface area contributed by atoms with Crippen LogP contribution in [0.5, 0.6) is 5.75 Å². The first-order chi connectivity index (χ1) is 13.1. The number of rotatable bonds is 7. The predicted molar refractivity (Wildman–Crippen MR) is 113 cm³/mol. The van der Waals surface area contributed by atoms with Crippen molar-refractivity contribution < 1.29 is 9.53 Å². The summed E-state index contributed by atoms with van der Waals surface area (Å²) in [5.41, 5.74) is 2.94. The number of nitrogens with zero attached hydrogens (tertiary/aromatic N) is 2. The molecule has 1 amide bonds. The SMILES string of the molecule is COc1cc(SC)ccc1C(=O)Nc1nnc(SCc2ccc(C)cc2)s1. The van der Waals surface area contributed by atoms with Crippen molar-refractivity contribution in [2.75, 3.05) is 18.7 Å². The summed E-state index contributed by atoms with van der Waals surface area (Å²) in [5.74, 6) is 1.09. The number of nitrogens with one attached hydrogen (secondary N) is 1. The van der Waals surface area contributed by atoms with E-state index in [0.29, 0.717) is 16.4 Å². The Kier molecular flexibility index (Phi) is 6.76. The van der Waals surface area contributed by atoms with Crippen LogP contribution in [0.25, 0.3) is 0 Å². The van der Waals surface area contributed by atoms with E-state index in [4.69, 9.17) is 4.74 Å². The molecule has 27 heavy (non-hydrogen) atoms. The average molecular weight is 418 g/mol. The van der Waals surface area contributed by atoms with Gasteiger partial charge in [-0.3, -0.25) is 10.1 Å². The number of hydrogen-bond donors (Lipinski definition) is 1. The molecule has 140 valence electrons. The van der Waals surface area contributed by atoms with Crippen molar-refractivity contribution in [3.8, 4) is 5.75 Å². The van der Waals surface area contributed by atoms with E-state index in [1.807, 2.05) is 18.4 Å². The number of hydrogen-bond acceptors (Lipinski definition) is 7. The predicted octanol–water partition coefficient (Wildman–Crippen LogP) is 5.12. The Labute approximate surface area is 170 Å². The lowest BCUT2D eigenvalue weighted by Crippen LogP contribution is -2.13. The van der Waals surface area contributed by atoms with Crippen molar-refractivity contribution in [2.45, 2.75) is 21.9 Å². The summed E-state index contributed by atoms with van der Waals surface area (Å²) in [6, 6.07) is 13.9. The van der Waals surface area contributed by atoms with E-state index in [1.54, 1.807) is 36.7 Å². The summed E-state index contributed by atoms with van der Waals surface area (Å²) in [6.07, 6.45) is 1.98. The molecule has 0 radical (unpaired) electrons. The topological polar surface area (TPSA) is 64.1 Å². The quantitative estimate of drug-likeness (QED) is 0.425. The van der Waals surface area contributed by atoms with Crippen molar-refractivity contribution in [1.82, 2.24) is 10.2 Å². The summed E-state index contributed by atoms with van der Waals surface area (Å²) in [4.78, 5) is 13.6. The molecule has 3 aromatic rings. The molecule has 8 heteroatoms. The number of amides is 1. The molecule has 0 spiro atoms. The first kappa shape index (κ1) is 19.7. The van der Waals surface area contributed by atoms with Gasteiger partial charge in [-0.2, -0.15) is 0 Å². The van der Waals surface area contributed by atoms with Gasteiger partial charge in [-0.1, -0.05) is 52.9 Å². The zero-order valence-electron chi connectivity index (χ0n) is 15.2. The standard InChI is InChI=1S/C19H19N3O2S3/c1-12-4-6-13(7-5-12)11-26-19-22-21-18(27-19)20-17(23)15-9-8-14(25-3)10-16(15)24-2/h4-10H,11H2,1-3H3,(H,20,21,23). The lowest BCUT2D eigenvalue weighted by atomic mass is 10.2. The molecule has 0 saturated heterocycles. The Bertz CT molecular complexity index is 926. The molecule has 3 rings (SSSR count). The van der Waals surface area contributed by atoms with Crippen LogP contribution in [0.4, 0.5) is 5.13 Å². The second-order valence-corrected chi connectivity index (χ2v) is 8.75. The minimum Gasteiger partial charge on any atom is -0.496 e. The van der Waals surface area contributed by atoms with E-state index >= 15 is 0 Å². The summed E-state index contributed by atoms with van der Waals surface area (Å²) in [7, 11) is 1.56. The number of methoxy groups -OCH3 is 1. The molecule has 5 nitrogen and oxygen atoms in total. The zero-order valence-corrected chi connectivity index (χ0v) is 17.6. The van der Waals surface area contributed by atoms with Crippen LogP contribution in [0.2, 0.25) is 0 Å². The molecule has 1 heterocycles. The van der Waals surface area contributed by atoms with E-state index in [2.05, 4.69) is 46.7 Å². The number of thioether (sulfide) groups is 2. The van der Waals surface area contributed by atoms with Crippen LogP contribution in [-0.2, 0) is 5.75 Å². The zero-order chi connectivity index (χ0) is 19.2. The van der Waals surface area contributed by atoms with Gasteiger partial charge in [0, 0.05) is 10.6 Å². The van der Waals surface area contributed by atoms with Gasteiger partial charge in [0.05, 0.1) is 12.7 Å². The molecule has 2 aromatic carbocycles. The van der Waals surface area contributed by atoms with E-state index in [-0.39, 0.29) is 5.91 Å². The van der Waals surface area contributed by atoms with Gasteiger partial charge >= 0.3 is 0 Å². The Morgan fingerprint density at radius 3 is 2.67 bits per heavy atom. The van der Waals surface area contributed by atoms with Gasteiger partial charge in [0.1, 0.15) is 5.75 Å². The van der Waals surface area contributed by atoms with Crippen molar-refractivity contribution in [2.24, 2.45) is 0 Å². The molecular weight excluding hydrogens is 398 g/mol. The van der Waals surface area contributed by atoms with Crippen LogP contribution in [-0.4, -0.2) is 29.5 Å².